The van der Waals surface area contributed by atoms with Gasteiger partial charge < -0.3 is 28.4 Å². The summed E-state index contributed by atoms with van der Waals surface area (Å²) in [7, 11) is 2.73. The van der Waals surface area contributed by atoms with E-state index in [0.717, 1.165) is 11.3 Å². The van der Waals surface area contributed by atoms with Crippen molar-refractivity contribution in [3.8, 4) is 29.1 Å². The Kier molecular flexibility index (Phi) is 11.0. The van der Waals surface area contributed by atoms with Gasteiger partial charge >= 0.3 is 11.9 Å². The van der Waals surface area contributed by atoms with E-state index in [-0.39, 0.29) is 31.1 Å². The molecule has 12 nitrogen and oxygen atoms in total. The lowest BCUT2D eigenvalue weighted by Gasteiger charge is -2.25. The minimum Gasteiger partial charge on any atom is -0.493 e. The molecule has 14 heteroatoms. The average molecular weight is 701 g/mol. The summed E-state index contributed by atoms with van der Waals surface area (Å²) in [6.45, 7) is 5.11. The first-order valence-corrected chi connectivity index (χ1v) is 15.3. The second-order valence-corrected chi connectivity index (χ2v) is 11.1. The Labute approximate surface area is 270 Å². The van der Waals surface area contributed by atoms with E-state index in [1.165, 1.54) is 18.8 Å². The van der Waals surface area contributed by atoms with Gasteiger partial charge in [-0.05, 0) is 62.2 Å². The van der Waals surface area contributed by atoms with Crippen LogP contribution in [0.25, 0.3) is 6.08 Å². The molecule has 0 saturated carbocycles. The molecule has 0 N–H and O–H groups in total. The number of allylic oxidation sites excluding steroid dienone is 1. The summed E-state index contributed by atoms with van der Waals surface area (Å²) in [6.07, 6.45) is 1.68. The molecule has 1 aliphatic rings. The number of benzene rings is 2. The molecule has 0 aliphatic carbocycles. The van der Waals surface area contributed by atoms with E-state index in [1.807, 2.05) is 6.07 Å². The predicted molar refractivity (Wildman–Crippen MR) is 167 cm³/mol. The van der Waals surface area contributed by atoms with Gasteiger partial charge in [-0.25, -0.2) is 14.6 Å². The third-order valence-electron chi connectivity index (χ3n) is 6.54. The first kappa shape index (κ1) is 33.3. The molecule has 0 radical (unpaired) electrons. The maximum Gasteiger partial charge on any atom is 0.343 e. The maximum atomic E-state index is 14.1. The van der Waals surface area contributed by atoms with Gasteiger partial charge in [-0.2, -0.15) is 5.26 Å². The zero-order chi connectivity index (χ0) is 32.7. The molecule has 0 spiro atoms. The number of hydrogen-bond donors (Lipinski definition) is 0. The van der Waals surface area contributed by atoms with E-state index < -0.39 is 23.5 Å². The Bertz CT molecular complexity index is 1870. The van der Waals surface area contributed by atoms with Crippen LogP contribution in [0.15, 0.2) is 55.9 Å². The van der Waals surface area contributed by atoms with E-state index in [0.29, 0.717) is 54.5 Å². The summed E-state index contributed by atoms with van der Waals surface area (Å²) < 4.78 is 34.7. The number of rotatable bonds is 12. The van der Waals surface area contributed by atoms with Crippen molar-refractivity contribution < 1.29 is 38.0 Å². The molecule has 1 atom stereocenters. The molecule has 0 fully saturated rings. The van der Waals surface area contributed by atoms with Crippen LogP contribution in [0.5, 0.6) is 23.0 Å². The van der Waals surface area contributed by atoms with Crippen LogP contribution in [-0.4, -0.2) is 57.2 Å². The molecule has 2 heterocycles. The van der Waals surface area contributed by atoms with Gasteiger partial charge in [0.1, 0.15) is 6.07 Å². The quantitative estimate of drug-likeness (QED) is 0.258. The van der Waals surface area contributed by atoms with Crippen LogP contribution in [0.1, 0.15) is 37.9 Å². The third kappa shape index (κ3) is 7.21. The molecule has 45 heavy (non-hydrogen) atoms. The van der Waals surface area contributed by atoms with Crippen molar-refractivity contribution in [3.05, 3.63) is 76.9 Å². The van der Waals surface area contributed by atoms with Gasteiger partial charge in [0.15, 0.2) is 41.0 Å². The number of ether oxygens (including phenoxy) is 6. The van der Waals surface area contributed by atoms with E-state index in [2.05, 4.69) is 25.7 Å². The number of methoxy groups -OCH3 is 2. The summed E-state index contributed by atoms with van der Waals surface area (Å²) in [5.41, 5.74) is 1.36. The van der Waals surface area contributed by atoms with Gasteiger partial charge in [-0.3, -0.25) is 9.36 Å². The van der Waals surface area contributed by atoms with Crippen LogP contribution < -0.4 is 33.8 Å². The van der Waals surface area contributed by atoms with Gasteiger partial charge in [0, 0.05) is 4.47 Å². The van der Waals surface area contributed by atoms with Gasteiger partial charge in [-0.15, -0.1) is 0 Å². The van der Waals surface area contributed by atoms with Crippen LogP contribution in [0.4, 0.5) is 0 Å². The van der Waals surface area contributed by atoms with Crippen molar-refractivity contribution in [2.75, 3.05) is 40.6 Å². The van der Waals surface area contributed by atoms with Crippen LogP contribution in [-0.2, 0) is 19.1 Å². The van der Waals surface area contributed by atoms with E-state index in [9.17, 15) is 14.4 Å². The second-order valence-electron chi connectivity index (χ2n) is 9.28. The first-order chi connectivity index (χ1) is 21.7. The number of aromatic nitrogens is 1. The topological polar surface area (TPSA) is 148 Å². The molecule has 0 saturated heterocycles. The van der Waals surface area contributed by atoms with E-state index in [1.54, 1.807) is 57.2 Å². The Hall–Kier alpha value is -4.61. The Balaban J connectivity index is 1.90. The van der Waals surface area contributed by atoms with Crippen LogP contribution in [0.2, 0.25) is 0 Å². The minimum atomic E-state index is -0.906. The van der Waals surface area contributed by atoms with Crippen molar-refractivity contribution in [3.63, 3.8) is 0 Å². The number of nitriles is 1. The number of carbonyl (C=O) groups excluding carboxylic acids is 2. The summed E-state index contributed by atoms with van der Waals surface area (Å²) in [4.78, 5) is 44.1. The van der Waals surface area contributed by atoms with Gasteiger partial charge in [0.2, 0.25) is 0 Å². The second kappa shape index (κ2) is 14.9. The lowest BCUT2D eigenvalue weighted by atomic mass is 9.95. The van der Waals surface area contributed by atoms with Crippen molar-refractivity contribution in [1.82, 2.24) is 4.57 Å². The highest BCUT2D eigenvalue weighted by Crippen LogP contribution is 2.37. The lowest BCUT2D eigenvalue weighted by Crippen LogP contribution is -2.40. The van der Waals surface area contributed by atoms with Gasteiger partial charge in [-0.1, -0.05) is 33.3 Å². The fourth-order valence-electron chi connectivity index (χ4n) is 4.57. The summed E-state index contributed by atoms with van der Waals surface area (Å²) in [5, 5.41) is 8.89. The van der Waals surface area contributed by atoms with Gasteiger partial charge in [0.25, 0.3) is 5.56 Å². The highest BCUT2D eigenvalue weighted by molar-refractivity contribution is 9.10. The third-order valence-corrected chi connectivity index (χ3v) is 8.21. The zero-order valence-corrected chi connectivity index (χ0v) is 27.6. The molecule has 1 aliphatic heterocycles. The fourth-order valence-corrected chi connectivity index (χ4v) is 6.04. The average Bonchev–Trinajstić information content (AvgIpc) is 3.33. The number of hydrogen-bond acceptors (Lipinski definition) is 12. The standard InChI is InChI=1S/C31H30BrN3O9S/c1-6-41-23-12-18(8-9-21(23)44-16-26(36)40-5)28-27(30(38)42-7-2)17(3)34-31-35(28)29(37)25(45-31)14-19-13-22(39-4)24(15-20(19)32)43-11-10-33/h8-9,12-15,28H,6-7,11,16H2,1-5H3/b25-14-/t28-/m1/s1. The number of halogens is 1. The van der Waals surface area contributed by atoms with Gasteiger partial charge in [0.05, 0.1) is 49.3 Å². The molecule has 2 aromatic carbocycles. The first-order valence-electron chi connectivity index (χ1n) is 13.7. The number of thiazole rings is 1. The summed E-state index contributed by atoms with van der Waals surface area (Å²) in [5.74, 6) is 0.173. The van der Waals surface area contributed by atoms with Crippen molar-refractivity contribution in [2.45, 2.75) is 26.8 Å². The zero-order valence-electron chi connectivity index (χ0n) is 25.2. The molecule has 4 rings (SSSR count). The molecule has 236 valence electrons. The van der Waals surface area contributed by atoms with E-state index in [4.69, 9.17) is 28.9 Å². The monoisotopic (exact) mass is 699 g/mol. The number of fused-ring (bicyclic) bond motifs is 1. The number of carbonyl (C=O) groups is 2. The smallest absolute Gasteiger partial charge is 0.343 e. The Morgan fingerprint density at radius 3 is 2.49 bits per heavy atom. The lowest BCUT2D eigenvalue weighted by molar-refractivity contribution is -0.143. The number of esters is 2. The minimum absolute atomic E-state index is 0.126. The molecule has 0 bridgehead atoms. The van der Waals surface area contributed by atoms with Crippen molar-refractivity contribution in [2.24, 2.45) is 4.99 Å². The molecular formula is C31H30BrN3O9S. The molecule has 3 aromatic rings. The number of nitrogens with zero attached hydrogens (tertiary/aromatic N) is 3. The largest absolute Gasteiger partial charge is 0.493 e. The molecule has 0 unspecified atom stereocenters. The van der Waals surface area contributed by atoms with Crippen LogP contribution in [0.3, 0.4) is 0 Å². The maximum absolute atomic E-state index is 14.1. The summed E-state index contributed by atoms with van der Waals surface area (Å²) >= 11 is 4.67. The molecule has 0 amide bonds. The normalized spacial score (nSPS) is 14.2. The predicted octanol–water partition coefficient (Wildman–Crippen LogP) is 3.42. The Morgan fingerprint density at radius 2 is 1.82 bits per heavy atom. The summed E-state index contributed by atoms with van der Waals surface area (Å²) in [6, 6.07) is 9.32. The Morgan fingerprint density at radius 1 is 1.07 bits per heavy atom. The SMILES string of the molecule is CCOC(=O)C1=C(C)N=c2s/c(=C\c3cc(OC)c(OCC#N)cc3Br)c(=O)n2[C@@H]1c1ccc(OCC(=O)OC)c(OCC)c1. The highest BCUT2D eigenvalue weighted by Gasteiger charge is 2.34. The fraction of sp³-hybridized carbons (Fsp3) is 0.323. The van der Waals surface area contributed by atoms with Crippen LogP contribution >= 0.6 is 27.3 Å². The van der Waals surface area contributed by atoms with Crippen molar-refractivity contribution in [1.29, 1.82) is 5.26 Å². The molecule has 1 aromatic heterocycles. The van der Waals surface area contributed by atoms with Crippen molar-refractivity contribution >= 4 is 45.3 Å². The van der Waals surface area contributed by atoms with E-state index >= 15 is 0 Å². The molecular weight excluding hydrogens is 670 g/mol. The van der Waals surface area contributed by atoms with Crippen LogP contribution in [0, 0.1) is 11.3 Å². The highest BCUT2D eigenvalue weighted by atomic mass is 79.9.